The van der Waals surface area contributed by atoms with Crippen molar-refractivity contribution in [1.29, 1.82) is 0 Å². The fourth-order valence-electron chi connectivity index (χ4n) is 1.68. The third-order valence-electron chi connectivity index (χ3n) is 2.67. The molecule has 0 radical (unpaired) electrons. The molecule has 0 saturated heterocycles. The lowest BCUT2D eigenvalue weighted by Crippen LogP contribution is -2.18. The molecule has 20 heavy (non-hydrogen) atoms. The van der Waals surface area contributed by atoms with E-state index in [1.54, 1.807) is 37.7 Å². The van der Waals surface area contributed by atoms with Gasteiger partial charge in [-0.1, -0.05) is 6.07 Å². The summed E-state index contributed by atoms with van der Waals surface area (Å²) in [5, 5.41) is 3.16. The van der Waals surface area contributed by atoms with Crippen LogP contribution in [0, 0.1) is 5.82 Å². The van der Waals surface area contributed by atoms with E-state index in [-0.39, 0.29) is 11.6 Å². The van der Waals surface area contributed by atoms with E-state index in [9.17, 15) is 4.39 Å². The average molecular weight is 276 g/mol. The Morgan fingerprint density at radius 3 is 2.90 bits per heavy atom. The first-order chi connectivity index (χ1) is 9.79. The second-order valence-corrected chi connectivity index (χ2v) is 4.23. The highest BCUT2D eigenvalue weighted by Crippen LogP contribution is 2.24. The Labute approximate surface area is 117 Å². The largest absolute Gasteiger partial charge is 0.453 e. The lowest BCUT2D eigenvalue weighted by atomic mass is 10.2. The molecule has 1 N–H and O–H groups in total. The molecule has 0 saturated carbocycles. The Balaban J connectivity index is 1.95. The van der Waals surface area contributed by atoms with Crippen molar-refractivity contribution >= 4 is 0 Å². The summed E-state index contributed by atoms with van der Waals surface area (Å²) in [6.45, 7) is 1.95. The minimum Gasteiger partial charge on any atom is -0.453 e. The van der Waals surface area contributed by atoms with Crippen LogP contribution in [-0.2, 0) is 11.3 Å². The molecule has 0 amide bonds. The summed E-state index contributed by atoms with van der Waals surface area (Å²) < 4.78 is 24.3. The molecule has 4 nitrogen and oxygen atoms in total. The predicted molar refractivity (Wildman–Crippen MR) is 74.3 cm³/mol. The number of ether oxygens (including phenoxy) is 2. The van der Waals surface area contributed by atoms with E-state index in [4.69, 9.17) is 9.47 Å². The Bertz CT molecular complexity index is 535. The first-order valence-corrected chi connectivity index (χ1v) is 6.35. The van der Waals surface area contributed by atoms with E-state index >= 15 is 0 Å². The van der Waals surface area contributed by atoms with Crippen molar-refractivity contribution in [3.63, 3.8) is 0 Å². The van der Waals surface area contributed by atoms with E-state index in [0.29, 0.717) is 18.9 Å². The summed E-state index contributed by atoms with van der Waals surface area (Å²) in [6, 6.07) is 8.38. The minimum atomic E-state index is -0.389. The van der Waals surface area contributed by atoms with Gasteiger partial charge in [-0.25, -0.2) is 4.39 Å². The highest BCUT2D eigenvalue weighted by molar-refractivity contribution is 5.33. The van der Waals surface area contributed by atoms with Gasteiger partial charge in [0.05, 0.1) is 12.8 Å². The average Bonchev–Trinajstić information content (AvgIpc) is 2.47. The van der Waals surface area contributed by atoms with Crippen molar-refractivity contribution in [2.45, 2.75) is 6.54 Å². The maximum atomic E-state index is 13.9. The highest BCUT2D eigenvalue weighted by Gasteiger charge is 2.06. The van der Waals surface area contributed by atoms with Gasteiger partial charge in [-0.05, 0) is 29.8 Å². The summed E-state index contributed by atoms with van der Waals surface area (Å²) in [7, 11) is 1.64. The number of hydrogen-bond donors (Lipinski definition) is 1. The van der Waals surface area contributed by atoms with Gasteiger partial charge in [0.15, 0.2) is 11.6 Å². The fourth-order valence-corrected chi connectivity index (χ4v) is 1.68. The van der Waals surface area contributed by atoms with Crippen molar-refractivity contribution in [1.82, 2.24) is 10.3 Å². The van der Waals surface area contributed by atoms with Gasteiger partial charge < -0.3 is 14.8 Å². The maximum absolute atomic E-state index is 13.9. The molecule has 1 aromatic carbocycles. The van der Waals surface area contributed by atoms with Gasteiger partial charge in [-0.3, -0.25) is 4.98 Å². The number of nitrogens with zero attached hydrogens (tertiary/aromatic N) is 1. The molecule has 0 unspecified atom stereocenters. The molecular weight excluding hydrogens is 259 g/mol. The first-order valence-electron chi connectivity index (χ1n) is 6.35. The zero-order valence-electron chi connectivity index (χ0n) is 11.3. The zero-order valence-corrected chi connectivity index (χ0v) is 11.3. The molecule has 0 aliphatic rings. The van der Waals surface area contributed by atoms with Crippen molar-refractivity contribution in [2.24, 2.45) is 0 Å². The minimum absolute atomic E-state index is 0.193. The van der Waals surface area contributed by atoms with Crippen LogP contribution in [0.3, 0.4) is 0 Å². The van der Waals surface area contributed by atoms with Crippen LogP contribution >= 0.6 is 0 Å². The number of aromatic nitrogens is 1. The summed E-state index contributed by atoms with van der Waals surface area (Å²) in [4.78, 5) is 3.92. The first kappa shape index (κ1) is 14.4. The molecule has 0 bridgehead atoms. The Kier molecular flexibility index (Phi) is 5.46. The highest BCUT2D eigenvalue weighted by atomic mass is 19.1. The molecule has 0 aliphatic carbocycles. The summed E-state index contributed by atoms with van der Waals surface area (Å²) in [5.41, 5.74) is 0.858. The topological polar surface area (TPSA) is 43.4 Å². The number of halogens is 1. The lowest BCUT2D eigenvalue weighted by molar-refractivity contribution is 0.199. The van der Waals surface area contributed by atoms with Crippen molar-refractivity contribution in [3.8, 4) is 11.5 Å². The molecule has 5 heteroatoms. The van der Waals surface area contributed by atoms with Crippen LogP contribution in [0.1, 0.15) is 5.56 Å². The fraction of sp³-hybridized carbons (Fsp3) is 0.267. The summed E-state index contributed by atoms with van der Waals surface area (Å²) in [5.74, 6) is 0.316. The third-order valence-corrected chi connectivity index (χ3v) is 2.67. The van der Waals surface area contributed by atoms with Gasteiger partial charge in [0.2, 0.25) is 0 Å². The number of rotatable bonds is 7. The Morgan fingerprint density at radius 1 is 1.30 bits per heavy atom. The van der Waals surface area contributed by atoms with E-state index in [1.165, 1.54) is 6.07 Å². The summed E-state index contributed by atoms with van der Waals surface area (Å²) >= 11 is 0. The Hall–Kier alpha value is -1.98. The second-order valence-electron chi connectivity index (χ2n) is 4.23. The third kappa shape index (κ3) is 4.29. The monoisotopic (exact) mass is 276 g/mol. The van der Waals surface area contributed by atoms with Crippen LogP contribution in [0.5, 0.6) is 11.5 Å². The molecule has 0 atom stereocenters. The quantitative estimate of drug-likeness (QED) is 0.790. The van der Waals surface area contributed by atoms with E-state index < -0.39 is 0 Å². The van der Waals surface area contributed by atoms with Gasteiger partial charge in [0.1, 0.15) is 5.75 Å². The van der Waals surface area contributed by atoms with Gasteiger partial charge >= 0.3 is 0 Å². The van der Waals surface area contributed by atoms with Crippen LogP contribution in [0.25, 0.3) is 0 Å². The summed E-state index contributed by atoms with van der Waals surface area (Å²) in [6.07, 6.45) is 3.18. The van der Waals surface area contributed by atoms with Crippen molar-refractivity contribution in [2.75, 3.05) is 20.3 Å². The van der Waals surface area contributed by atoms with Gasteiger partial charge in [0, 0.05) is 26.4 Å². The number of methoxy groups -OCH3 is 1. The molecule has 1 aromatic heterocycles. The SMILES string of the molecule is COCCNCc1ccc(Oc2cccnc2)c(F)c1. The Morgan fingerprint density at radius 2 is 2.20 bits per heavy atom. The van der Waals surface area contributed by atoms with Crippen LogP contribution in [0.4, 0.5) is 4.39 Å². The molecule has 0 spiro atoms. The van der Waals surface area contributed by atoms with E-state index in [0.717, 1.165) is 12.1 Å². The van der Waals surface area contributed by atoms with Crippen molar-refractivity contribution in [3.05, 3.63) is 54.1 Å². The molecule has 0 fully saturated rings. The van der Waals surface area contributed by atoms with Gasteiger partial charge in [-0.2, -0.15) is 0 Å². The molecular formula is C15H17FN2O2. The van der Waals surface area contributed by atoms with E-state index in [1.807, 2.05) is 6.07 Å². The molecule has 2 aromatic rings. The van der Waals surface area contributed by atoms with Crippen LogP contribution in [0.2, 0.25) is 0 Å². The zero-order chi connectivity index (χ0) is 14.2. The lowest BCUT2D eigenvalue weighted by Gasteiger charge is -2.08. The number of pyridine rings is 1. The molecule has 0 aliphatic heterocycles. The standard InChI is InChI=1S/C15H17FN2O2/c1-19-8-7-18-10-12-4-5-15(14(16)9-12)20-13-3-2-6-17-11-13/h2-6,9,11,18H,7-8,10H2,1H3. The normalized spacial score (nSPS) is 10.5. The van der Waals surface area contributed by atoms with Crippen LogP contribution < -0.4 is 10.1 Å². The number of benzene rings is 1. The van der Waals surface area contributed by atoms with Crippen molar-refractivity contribution < 1.29 is 13.9 Å². The van der Waals surface area contributed by atoms with E-state index in [2.05, 4.69) is 10.3 Å². The number of hydrogen-bond acceptors (Lipinski definition) is 4. The maximum Gasteiger partial charge on any atom is 0.166 e. The van der Waals surface area contributed by atoms with Gasteiger partial charge in [0.25, 0.3) is 0 Å². The number of nitrogens with one attached hydrogen (secondary N) is 1. The second kappa shape index (κ2) is 7.57. The molecule has 106 valence electrons. The van der Waals surface area contributed by atoms with Crippen LogP contribution in [0.15, 0.2) is 42.7 Å². The molecule has 2 rings (SSSR count). The van der Waals surface area contributed by atoms with Gasteiger partial charge in [-0.15, -0.1) is 0 Å². The molecule has 1 heterocycles. The predicted octanol–water partition coefficient (Wildman–Crippen LogP) is 2.75. The smallest absolute Gasteiger partial charge is 0.166 e. The van der Waals surface area contributed by atoms with Crippen LogP contribution in [-0.4, -0.2) is 25.2 Å².